The molecule has 5 nitrogen and oxygen atoms in total. The lowest BCUT2D eigenvalue weighted by Gasteiger charge is -2.00. The average Bonchev–Trinajstić information content (AvgIpc) is 2.75. The van der Waals surface area contributed by atoms with Crippen LogP contribution in [-0.4, -0.2) is 30.4 Å². The van der Waals surface area contributed by atoms with Crippen molar-refractivity contribution >= 4 is 37.3 Å². The third kappa shape index (κ3) is 4.27. The Morgan fingerprint density at radius 2 is 2.00 bits per heavy atom. The lowest BCUT2D eigenvalue weighted by molar-refractivity contribution is -0.115. The third-order valence-electron chi connectivity index (χ3n) is 3.34. The summed E-state index contributed by atoms with van der Waals surface area (Å²) in [6.45, 7) is 2.01. The maximum atomic E-state index is 11.9. The van der Waals surface area contributed by atoms with E-state index in [1.54, 1.807) is 0 Å². The lowest BCUT2D eigenvalue weighted by Crippen LogP contribution is -2.21. The number of carbonyl (C=O) groups excluding carboxylic acids is 1. The van der Waals surface area contributed by atoms with E-state index in [1.165, 1.54) is 11.3 Å². The van der Waals surface area contributed by atoms with E-state index >= 15 is 0 Å². The van der Waals surface area contributed by atoms with Crippen molar-refractivity contribution in [2.24, 2.45) is 12.0 Å². The fraction of sp³-hybridized carbons (Fsp3) is 0.467. The van der Waals surface area contributed by atoms with E-state index in [0.717, 1.165) is 23.1 Å². The van der Waals surface area contributed by atoms with Crippen molar-refractivity contribution in [3.63, 3.8) is 0 Å². The number of nitrogens with zero attached hydrogens (tertiary/aromatic N) is 2. The second-order valence-electron chi connectivity index (χ2n) is 5.22. The van der Waals surface area contributed by atoms with Gasteiger partial charge in [-0.15, -0.1) is 0 Å². The summed E-state index contributed by atoms with van der Waals surface area (Å²) < 4.78 is 26.6. The van der Waals surface area contributed by atoms with Crippen LogP contribution in [0, 0.1) is 0 Å². The summed E-state index contributed by atoms with van der Waals surface area (Å²) in [5.41, 5.74) is 0.977. The van der Waals surface area contributed by atoms with Gasteiger partial charge in [0.05, 0.1) is 16.0 Å². The molecule has 22 heavy (non-hydrogen) atoms. The number of benzene rings is 1. The molecule has 1 heterocycles. The molecule has 2 aromatic rings. The van der Waals surface area contributed by atoms with E-state index in [-0.39, 0.29) is 5.75 Å². The summed E-state index contributed by atoms with van der Waals surface area (Å²) in [5.74, 6) is -1.05. The maximum Gasteiger partial charge on any atom is 0.263 e. The highest BCUT2D eigenvalue weighted by molar-refractivity contribution is 7.92. The molecular weight excluding hydrogens is 320 g/mol. The van der Waals surface area contributed by atoms with Gasteiger partial charge in [0.25, 0.3) is 5.91 Å². The molecule has 7 heteroatoms. The lowest BCUT2D eigenvalue weighted by atomic mass is 10.3. The van der Waals surface area contributed by atoms with Crippen LogP contribution < -0.4 is 4.80 Å². The molecule has 1 aromatic heterocycles. The minimum Gasteiger partial charge on any atom is -0.319 e. The molecule has 0 N–H and O–H groups in total. The number of carbonyl (C=O) groups is 1. The number of aromatic nitrogens is 1. The van der Waals surface area contributed by atoms with Crippen molar-refractivity contribution in [2.45, 2.75) is 26.2 Å². The van der Waals surface area contributed by atoms with Gasteiger partial charge in [0.15, 0.2) is 14.6 Å². The summed E-state index contributed by atoms with van der Waals surface area (Å²) in [7, 11) is -1.54. The predicted molar refractivity (Wildman–Crippen MR) is 89.5 cm³/mol. The fourth-order valence-corrected chi connectivity index (χ4v) is 4.42. The number of amides is 1. The van der Waals surface area contributed by atoms with Crippen LogP contribution in [0.15, 0.2) is 29.3 Å². The van der Waals surface area contributed by atoms with Crippen LogP contribution in [0.3, 0.4) is 0 Å². The van der Waals surface area contributed by atoms with Gasteiger partial charge in [0.1, 0.15) is 5.75 Å². The van der Waals surface area contributed by atoms with Crippen molar-refractivity contribution < 1.29 is 13.2 Å². The maximum absolute atomic E-state index is 11.9. The number of hydrogen-bond donors (Lipinski definition) is 0. The molecule has 1 aromatic carbocycles. The van der Waals surface area contributed by atoms with E-state index in [0.29, 0.717) is 11.2 Å². The second kappa shape index (κ2) is 7.19. The first-order valence-electron chi connectivity index (χ1n) is 7.25. The van der Waals surface area contributed by atoms with Gasteiger partial charge in [-0.05, 0) is 18.6 Å². The number of para-hydroxylation sites is 1. The molecule has 2 rings (SSSR count). The van der Waals surface area contributed by atoms with Crippen LogP contribution in [0.2, 0.25) is 0 Å². The molecule has 0 aliphatic carbocycles. The summed E-state index contributed by atoms with van der Waals surface area (Å²) in [4.78, 5) is 16.4. The zero-order chi connectivity index (χ0) is 16.2. The first-order valence-corrected chi connectivity index (χ1v) is 9.89. The van der Waals surface area contributed by atoms with Crippen LogP contribution in [0.4, 0.5) is 0 Å². The predicted octanol–water partition coefficient (Wildman–Crippen LogP) is 2.27. The molecule has 0 unspecified atom stereocenters. The van der Waals surface area contributed by atoms with Gasteiger partial charge in [-0.2, -0.15) is 4.99 Å². The Bertz CT molecular complexity index is 832. The number of sulfone groups is 1. The molecule has 0 atom stereocenters. The molecule has 0 bridgehead atoms. The number of unbranched alkanes of at least 4 members (excludes halogenated alkanes) is 2. The summed E-state index contributed by atoms with van der Waals surface area (Å²) in [6.07, 6.45) is 2.41. The Morgan fingerprint density at radius 3 is 2.68 bits per heavy atom. The minimum absolute atomic E-state index is 0.0562. The first kappa shape index (κ1) is 16.9. The molecule has 0 spiro atoms. The number of hydrogen-bond acceptors (Lipinski definition) is 4. The average molecular weight is 340 g/mol. The molecule has 0 aliphatic heterocycles. The molecule has 0 fully saturated rings. The van der Waals surface area contributed by atoms with Crippen molar-refractivity contribution in [3.05, 3.63) is 29.1 Å². The zero-order valence-electron chi connectivity index (χ0n) is 12.8. The summed E-state index contributed by atoms with van der Waals surface area (Å²) >= 11 is 1.38. The van der Waals surface area contributed by atoms with E-state index in [2.05, 4.69) is 4.99 Å². The highest BCUT2D eigenvalue weighted by Gasteiger charge is 2.16. The SMILES string of the molecule is CCCCCS(=O)(=O)CC(=O)N=c1sc2ccccc2n1C. The molecule has 0 aliphatic rings. The van der Waals surface area contributed by atoms with Crippen LogP contribution >= 0.6 is 11.3 Å². The van der Waals surface area contributed by atoms with E-state index in [1.807, 2.05) is 42.8 Å². The number of fused-ring (bicyclic) bond motifs is 1. The van der Waals surface area contributed by atoms with Gasteiger partial charge >= 0.3 is 0 Å². The standard InChI is InChI=1S/C15H20N2O3S2/c1-3-4-7-10-22(19,20)11-14(18)16-15-17(2)12-8-5-6-9-13(12)21-15/h5-6,8-9H,3-4,7,10-11H2,1-2H3. The minimum atomic E-state index is -3.36. The fourth-order valence-electron chi connectivity index (χ4n) is 2.16. The van der Waals surface area contributed by atoms with Gasteiger partial charge in [-0.25, -0.2) is 8.42 Å². The van der Waals surface area contributed by atoms with E-state index in [9.17, 15) is 13.2 Å². The normalized spacial score (nSPS) is 12.9. The Labute approximate surface area is 134 Å². The second-order valence-corrected chi connectivity index (χ2v) is 8.41. The molecular formula is C15H20N2O3S2. The Morgan fingerprint density at radius 1 is 1.27 bits per heavy atom. The van der Waals surface area contributed by atoms with Crippen LogP contribution in [-0.2, 0) is 21.7 Å². The topological polar surface area (TPSA) is 68.5 Å². The molecule has 0 radical (unpaired) electrons. The Hall–Kier alpha value is -1.47. The number of rotatable bonds is 6. The van der Waals surface area contributed by atoms with Crippen molar-refractivity contribution in [1.82, 2.24) is 4.57 Å². The van der Waals surface area contributed by atoms with E-state index < -0.39 is 21.5 Å². The molecule has 1 amide bonds. The van der Waals surface area contributed by atoms with Gasteiger partial charge in [-0.3, -0.25) is 4.79 Å². The van der Waals surface area contributed by atoms with Crippen LogP contribution in [0.1, 0.15) is 26.2 Å². The third-order valence-corrected chi connectivity index (χ3v) is 6.05. The van der Waals surface area contributed by atoms with Crippen LogP contribution in [0.5, 0.6) is 0 Å². The van der Waals surface area contributed by atoms with Gasteiger partial charge < -0.3 is 4.57 Å². The summed E-state index contributed by atoms with van der Waals surface area (Å²) in [6, 6.07) is 7.73. The smallest absolute Gasteiger partial charge is 0.263 e. The van der Waals surface area contributed by atoms with Crippen molar-refractivity contribution in [2.75, 3.05) is 11.5 Å². The Balaban J connectivity index is 2.17. The Kier molecular flexibility index (Phi) is 5.52. The van der Waals surface area contributed by atoms with Gasteiger partial charge in [0, 0.05) is 7.05 Å². The zero-order valence-corrected chi connectivity index (χ0v) is 14.4. The highest BCUT2D eigenvalue weighted by Crippen LogP contribution is 2.15. The van der Waals surface area contributed by atoms with Crippen LogP contribution in [0.25, 0.3) is 10.2 Å². The van der Waals surface area contributed by atoms with Gasteiger partial charge in [0.2, 0.25) is 0 Å². The number of aryl methyl sites for hydroxylation is 1. The first-order chi connectivity index (χ1) is 10.4. The molecule has 0 saturated carbocycles. The van der Waals surface area contributed by atoms with Gasteiger partial charge in [-0.1, -0.05) is 43.2 Å². The van der Waals surface area contributed by atoms with Crippen molar-refractivity contribution in [3.8, 4) is 0 Å². The monoisotopic (exact) mass is 340 g/mol. The summed E-state index contributed by atoms with van der Waals surface area (Å²) in [5, 5.41) is 0. The molecule has 0 saturated heterocycles. The quantitative estimate of drug-likeness (QED) is 0.758. The van der Waals surface area contributed by atoms with E-state index in [4.69, 9.17) is 0 Å². The largest absolute Gasteiger partial charge is 0.319 e. The number of thiazole rings is 1. The highest BCUT2D eigenvalue weighted by atomic mass is 32.2. The van der Waals surface area contributed by atoms with Crippen molar-refractivity contribution in [1.29, 1.82) is 0 Å². The molecule has 120 valence electrons.